The van der Waals surface area contributed by atoms with Crippen molar-refractivity contribution >= 4 is 11.6 Å². The highest BCUT2D eigenvalue weighted by Gasteiger charge is 2.14. The zero-order valence-electron chi connectivity index (χ0n) is 12.1. The van der Waals surface area contributed by atoms with Gasteiger partial charge in [0.15, 0.2) is 5.15 Å². The Morgan fingerprint density at radius 2 is 1.42 bits per heavy atom. The SMILES string of the molecule is Cc1nc(Cl)c(-c2ccc(C(C)(C)C)cc2)nc1C. The van der Waals surface area contributed by atoms with E-state index in [1.54, 1.807) is 0 Å². The van der Waals surface area contributed by atoms with E-state index in [9.17, 15) is 0 Å². The number of benzene rings is 1. The van der Waals surface area contributed by atoms with E-state index in [1.165, 1.54) is 5.56 Å². The second-order valence-electron chi connectivity index (χ2n) is 5.86. The van der Waals surface area contributed by atoms with Crippen LogP contribution < -0.4 is 0 Å². The van der Waals surface area contributed by atoms with Gasteiger partial charge in [0.1, 0.15) is 5.69 Å². The molecule has 0 fully saturated rings. The lowest BCUT2D eigenvalue weighted by Gasteiger charge is -2.19. The number of hydrogen-bond acceptors (Lipinski definition) is 2. The smallest absolute Gasteiger partial charge is 0.155 e. The summed E-state index contributed by atoms with van der Waals surface area (Å²) in [4.78, 5) is 8.86. The lowest BCUT2D eigenvalue weighted by molar-refractivity contribution is 0.590. The first-order valence-electron chi connectivity index (χ1n) is 6.40. The Hall–Kier alpha value is -1.41. The van der Waals surface area contributed by atoms with Crippen LogP contribution in [0.25, 0.3) is 11.3 Å². The van der Waals surface area contributed by atoms with E-state index in [1.807, 2.05) is 13.8 Å². The Bertz CT molecular complexity index is 595. The fraction of sp³-hybridized carbons (Fsp3) is 0.375. The molecule has 3 heteroatoms. The normalized spacial score (nSPS) is 11.7. The van der Waals surface area contributed by atoms with Crippen molar-refractivity contribution in [2.75, 3.05) is 0 Å². The van der Waals surface area contributed by atoms with Gasteiger partial charge in [-0.25, -0.2) is 9.97 Å². The van der Waals surface area contributed by atoms with Crippen LogP contribution >= 0.6 is 11.6 Å². The van der Waals surface area contributed by atoms with Crippen molar-refractivity contribution in [3.63, 3.8) is 0 Å². The van der Waals surface area contributed by atoms with Crippen LogP contribution in [0.15, 0.2) is 24.3 Å². The number of rotatable bonds is 1. The van der Waals surface area contributed by atoms with E-state index < -0.39 is 0 Å². The summed E-state index contributed by atoms with van der Waals surface area (Å²) >= 11 is 6.19. The minimum absolute atomic E-state index is 0.150. The molecule has 2 nitrogen and oxygen atoms in total. The Kier molecular flexibility index (Phi) is 3.64. The molecule has 0 aliphatic rings. The Morgan fingerprint density at radius 1 is 0.895 bits per heavy atom. The first-order chi connectivity index (χ1) is 8.79. The highest BCUT2D eigenvalue weighted by atomic mass is 35.5. The molecule has 0 bridgehead atoms. The zero-order chi connectivity index (χ0) is 14.2. The van der Waals surface area contributed by atoms with Crippen LogP contribution in [0.4, 0.5) is 0 Å². The quantitative estimate of drug-likeness (QED) is 0.752. The molecule has 0 atom stereocenters. The number of halogens is 1. The van der Waals surface area contributed by atoms with Crippen LogP contribution in [0.5, 0.6) is 0 Å². The molecule has 100 valence electrons. The van der Waals surface area contributed by atoms with Crippen LogP contribution in [0.2, 0.25) is 5.15 Å². The molecule has 2 aromatic rings. The third-order valence-corrected chi connectivity index (χ3v) is 3.55. The van der Waals surface area contributed by atoms with Gasteiger partial charge >= 0.3 is 0 Å². The average molecular weight is 275 g/mol. The molecule has 1 aromatic carbocycles. The lowest BCUT2D eigenvalue weighted by atomic mass is 9.86. The molecule has 0 aliphatic carbocycles. The van der Waals surface area contributed by atoms with Gasteiger partial charge in [0, 0.05) is 5.56 Å². The van der Waals surface area contributed by atoms with Crippen LogP contribution in [-0.2, 0) is 5.41 Å². The van der Waals surface area contributed by atoms with E-state index in [-0.39, 0.29) is 5.41 Å². The van der Waals surface area contributed by atoms with Gasteiger partial charge in [0.05, 0.1) is 11.4 Å². The molecule has 0 radical (unpaired) electrons. The molecular weight excluding hydrogens is 256 g/mol. The highest BCUT2D eigenvalue weighted by Crippen LogP contribution is 2.28. The lowest BCUT2D eigenvalue weighted by Crippen LogP contribution is -2.10. The van der Waals surface area contributed by atoms with Gasteiger partial charge in [-0.05, 0) is 24.8 Å². The molecule has 19 heavy (non-hydrogen) atoms. The molecule has 0 amide bonds. The van der Waals surface area contributed by atoms with Crippen molar-refractivity contribution in [1.82, 2.24) is 9.97 Å². The second kappa shape index (κ2) is 4.93. The van der Waals surface area contributed by atoms with E-state index in [0.29, 0.717) is 5.15 Å². The molecular formula is C16H19ClN2. The van der Waals surface area contributed by atoms with Crippen molar-refractivity contribution < 1.29 is 0 Å². The van der Waals surface area contributed by atoms with Gasteiger partial charge in [0.25, 0.3) is 0 Å². The molecule has 0 N–H and O–H groups in total. The molecule has 1 aromatic heterocycles. The summed E-state index contributed by atoms with van der Waals surface area (Å²) in [5.74, 6) is 0. The number of aryl methyl sites for hydroxylation is 2. The Balaban J connectivity index is 2.46. The van der Waals surface area contributed by atoms with E-state index in [2.05, 4.69) is 55.0 Å². The topological polar surface area (TPSA) is 25.8 Å². The summed E-state index contributed by atoms with van der Waals surface area (Å²) in [6.07, 6.45) is 0. The van der Waals surface area contributed by atoms with Crippen LogP contribution in [0.1, 0.15) is 37.7 Å². The summed E-state index contributed by atoms with van der Waals surface area (Å²) in [6.45, 7) is 10.5. The largest absolute Gasteiger partial charge is 0.248 e. The van der Waals surface area contributed by atoms with Crippen molar-refractivity contribution in [1.29, 1.82) is 0 Å². The molecule has 0 spiro atoms. The molecule has 1 heterocycles. The first kappa shape index (κ1) is 14.0. The minimum atomic E-state index is 0.150. The Labute approximate surface area is 119 Å². The average Bonchev–Trinajstić information content (AvgIpc) is 2.33. The van der Waals surface area contributed by atoms with E-state index in [4.69, 9.17) is 11.6 Å². The van der Waals surface area contributed by atoms with Gasteiger partial charge in [-0.1, -0.05) is 56.6 Å². The summed E-state index contributed by atoms with van der Waals surface area (Å²) in [7, 11) is 0. The highest BCUT2D eigenvalue weighted by molar-refractivity contribution is 6.31. The van der Waals surface area contributed by atoms with Crippen molar-refractivity contribution in [3.05, 3.63) is 46.4 Å². The molecule has 2 rings (SSSR count). The third-order valence-electron chi connectivity index (χ3n) is 3.29. The number of hydrogen-bond donors (Lipinski definition) is 0. The molecule has 0 aliphatic heterocycles. The second-order valence-corrected chi connectivity index (χ2v) is 6.22. The summed E-state index contributed by atoms with van der Waals surface area (Å²) in [5.41, 5.74) is 5.00. The van der Waals surface area contributed by atoms with Crippen LogP contribution in [0, 0.1) is 13.8 Å². The maximum Gasteiger partial charge on any atom is 0.155 e. The van der Waals surface area contributed by atoms with Crippen molar-refractivity contribution in [3.8, 4) is 11.3 Å². The fourth-order valence-electron chi connectivity index (χ4n) is 1.89. The molecule has 0 saturated heterocycles. The maximum absolute atomic E-state index is 6.19. The van der Waals surface area contributed by atoms with Crippen molar-refractivity contribution in [2.45, 2.75) is 40.0 Å². The molecule has 0 saturated carbocycles. The summed E-state index contributed by atoms with van der Waals surface area (Å²) in [6, 6.07) is 8.38. The Morgan fingerprint density at radius 3 is 1.95 bits per heavy atom. The van der Waals surface area contributed by atoms with E-state index >= 15 is 0 Å². The van der Waals surface area contributed by atoms with Gasteiger partial charge < -0.3 is 0 Å². The first-order valence-corrected chi connectivity index (χ1v) is 6.78. The van der Waals surface area contributed by atoms with Gasteiger partial charge in [-0.2, -0.15) is 0 Å². The predicted molar refractivity (Wildman–Crippen MR) is 80.7 cm³/mol. The third kappa shape index (κ3) is 2.95. The minimum Gasteiger partial charge on any atom is -0.248 e. The predicted octanol–water partition coefficient (Wildman–Crippen LogP) is 4.71. The standard InChI is InChI=1S/C16H19ClN2/c1-10-11(2)19-15(17)14(18-10)12-6-8-13(9-7-12)16(3,4)5/h6-9H,1-5H3. The number of aromatic nitrogens is 2. The fourth-order valence-corrected chi connectivity index (χ4v) is 2.17. The van der Waals surface area contributed by atoms with Crippen LogP contribution in [0.3, 0.4) is 0 Å². The molecule has 0 unspecified atom stereocenters. The summed E-state index contributed by atoms with van der Waals surface area (Å²) < 4.78 is 0. The maximum atomic E-state index is 6.19. The number of nitrogens with zero attached hydrogens (tertiary/aromatic N) is 2. The van der Waals surface area contributed by atoms with Gasteiger partial charge in [-0.15, -0.1) is 0 Å². The van der Waals surface area contributed by atoms with Gasteiger partial charge in [-0.3, -0.25) is 0 Å². The van der Waals surface area contributed by atoms with Gasteiger partial charge in [0.2, 0.25) is 0 Å². The monoisotopic (exact) mass is 274 g/mol. The van der Waals surface area contributed by atoms with Crippen LogP contribution in [-0.4, -0.2) is 9.97 Å². The van der Waals surface area contributed by atoms with E-state index in [0.717, 1.165) is 22.6 Å². The summed E-state index contributed by atoms with van der Waals surface area (Å²) in [5, 5.41) is 0.464. The van der Waals surface area contributed by atoms with Crippen molar-refractivity contribution in [2.24, 2.45) is 0 Å². The zero-order valence-corrected chi connectivity index (χ0v) is 12.8.